The molecule has 1 saturated heterocycles. The highest BCUT2D eigenvalue weighted by Gasteiger charge is 2.29. The number of methoxy groups -OCH3 is 1. The number of aromatic nitrogens is 3. The van der Waals surface area contributed by atoms with Gasteiger partial charge in [0.1, 0.15) is 11.3 Å². The Morgan fingerprint density at radius 2 is 2.25 bits per heavy atom. The van der Waals surface area contributed by atoms with E-state index in [0.29, 0.717) is 10.6 Å². The van der Waals surface area contributed by atoms with E-state index in [4.69, 9.17) is 21.3 Å². The summed E-state index contributed by atoms with van der Waals surface area (Å²) in [6, 6.07) is 3.79. The Hall–Kier alpha value is -2.32. The molecule has 0 saturated carbocycles. The third-order valence-electron chi connectivity index (χ3n) is 5.15. The first kappa shape index (κ1) is 19.0. The van der Waals surface area contributed by atoms with E-state index in [2.05, 4.69) is 10.00 Å². The molecule has 7 nitrogen and oxygen atoms in total. The molecule has 1 fully saturated rings. The van der Waals surface area contributed by atoms with E-state index in [1.165, 1.54) is 0 Å². The largest absolute Gasteiger partial charge is 0.494 e. The molecule has 0 spiro atoms. The van der Waals surface area contributed by atoms with E-state index in [1.807, 2.05) is 31.1 Å². The second kappa shape index (κ2) is 7.60. The van der Waals surface area contributed by atoms with Gasteiger partial charge in [0.25, 0.3) is 5.91 Å². The number of nitrogens with zero attached hydrogens (tertiary/aromatic N) is 5. The summed E-state index contributed by atoms with van der Waals surface area (Å²) in [5, 5.41) is 5.69. The van der Waals surface area contributed by atoms with Gasteiger partial charge < -0.3 is 14.5 Å². The molecule has 1 aliphatic rings. The van der Waals surface area contributed by atoms with E-state index in [-0.39, 0.29) is 11.9 Å². The first-order valence-corrected chi connectivity index (χ1v) is 10.3. The molecule has 0 N–H and O–H groups in total. The molecule has 2 aromatic heterocycles. The maximum Gasteiger partial charge on any atom is 0.257 e. The van der Waals surface area contributed by atoms with Crippen LogP contribution in [0.5, 0.6) is 5.75 Å². The Morgan fingerprint density at radius 1 is 1.43 bits per heavy atom. The third-order valence-corrected chi connectivity index (χ3v) is 6.73. The van der Waals surface area contributed by atoms with Crippen molar-refractivity contribution in [2.75, 3.05) is 32.1 Å². The Bertz CT molecular complexity index is 1020. The minimum Gasteiger partial charge on any atom is -0.494 e. The van der Waals surface area contributed by atoms with Gasteiger partial charge >= 0.3 is 0 Å². The number of likely N-dealkylation sites (N-methyl/N-ethyl adjacent to an activating group) is 1. The summed E-state index contributed by atoms with van der Waals surface area (Å²) >= 11 is 7.93. The molecule has 1 unspecified atom stereocenters. The molecule has 4 rings (SSSR count). The van der Waals surface area contributed by atoms with Crippen molar-refractivity contribution in [2.45, 2.75) is 18.9 Å². The van der Waals surface area contributed by atoms with Crippen LogP contribution in [0.2, 0.25) is 5.02 Å². The monoisotopic (exact) mass is 419 g/mol. The highest BCUT2D eigenvalue weighted by molar-refractivity contribution is 7.22. The van der Waals surface area contributed by atoms with Crippen LogP contribution in [-0.2, 0) is 7.05 Å². The zero-order valence-electron chi connectivity index (χ0n) is 16.1. The average molecular weight is 420 g/mol. The maximum absolute atomic E-state index is 12.8. The number of benzene rings is 1. The van der Waals surface area contributed by atoms with Gasteiger partial charge in [-0.2, -0.15) is 5.10 Å². The number of aryl methyl sites for hydroxylation is 1. The lowest BCUT2D eigenvalue weighted by Gasteiger charge is -2.37. The zero-order chi connectivity index (χ0) is 19.8. The van der Waals surface area contributed by atoms with Crippen LogP contribution in [-0.4, -0.2) is 58.9 Å². The number of hydrogen-bond acceptors (Lipinski definition) is 6. The van der Waals surface area contributed by atoms with Gasteiger partial charge in [0.05, 0.1) is 28.6 Å². The molecule has 9 heteroatoms. The fourth-order valence-corrected chi connectivity index (χ4v) is 4.88. The molecule has 148 valence electrons. The van der Waals surface area contributed by atoms with Gasteiger partial charge in [0.15, 0.2) is 5.13 Å². The summed E-state index contributed by atoms with van der Waals surface area (Å²) in [4.78, 5) is 21.6. The first-order chi connectivity index (χ1) is 13.5. The number of rotatable bonds is 4. The van der Waals surface area contributed by atoms with Gasteiger partial charge in [0.2, 0.25) is 0 Å². The lowest BCUT2D eigenvalue weighted by Crippen LogP contribution is -2.48. The Balaban J connectivity index is 1.56. The summed E-state index contributed by atoms with van der Waals surface area (Å²) < 4.78 is 8.01. The number of carbonyl (C=O) groups is 1. The molecule has 1 amide bonds. The number of hydrogen-bond donors (Lipinski definition) is 0. The lowest BCUT2D eigenvalue weighted by atomic mass is 10.0. The smallest absolute Gasteiger partial charge is 0.257 e. The van der Waals surface area contributed by atoms with Crippen molar-refractivity contribution in [1.82, 2.24) is 19.7 Å². The van der Waals surface area contributed by atoms with Gasteiger partial charge in [-0.15, -0.1) is 0 Å². The SMILES string of the molecule is COc1ccc(Cl)c2sc(N3CCCC(N(C)C(=O)c4cnn(C)c4)C3)nc12. The Kier molecular flexibility index (Phi) is 5.16. The topological polar surface area (TPSA) is 63.5 Å². The summed E-state index contributed by atoms with van der Waals surface area (Å²) in [6.07, 6.45) is 5.33. The number of thiazole rings is 1. The van der Waals surface area contributed by atoms with Crippen molar-refractivity contribution in [1.29, 1.82) is 0 Å². The molecule has 3 aromatic rings. The van der Waals surface area contributed by atoms with E-state index < -0.39 is 0 Å². The molecule has 1 atom stereocenters. The molecule has 0 radical (unpaired) electrons. The standard InChI is InChI=1S/C19H22ClN5O2S/c1-23-10-12(9-21-23)18(26)24(2)13-5-4-8-25(11-13)19-22-16-15(27-3)7-6-14(20)17(16)28-19/h6-7,9-10,13H,4-5,8,11H2,1-3H3. The molecule has 0 aliphatic carbocycles. The van der Waals surface area contributed by atoms with Crippen LogP contribution in [0.25, 0.3) is 10.2 Å². The second-order valence-electron chi connectivity index (χ2n) is 6.98. The van der Waals surface area contributed by atoms with E-state index in [1.54, 1.807) is 35.5 Å². The number of fused-ring (bicyclic) bond motifs is 1. The number of amides is 1. The highest BCUT2D eigenvalue weighted by atomic mass is 35.5. The van der Waals surface area contributed by atoms with Crippen molar-refractivity contribution in [2.24, 2.45) is 7.05 Å². The summed E-state index contributed by atoms with van der Waals surface area (Å²) in [5.74, 6) is 0.716. The Morgan fingerprint density at radius 3 is 2.96 bits per heavy atom. The molecule has 1 aliphatic heterocycles. The molecule has 28 heavy (non-hydrogen) atoms. The van der Waals surface area contributed by atoms with Crippen LogP contribution in [0.4, 0.5) is 5.13 Å². The van der Waals surface area contributed by atoms with Crippen molar-refractivity contribution in [3.05, 3.63) is 35.1 Å². The number of ether oxygens (including phenoxy) is 1. The number of anilines is 1. The number of piperidine rings is 1. The Labute approximate surface area is 172 Å². The van der Waals surface area contributed by atoms with Crippen LogP contribution in [0.3, 0.4) is 0 Å². The predicted molar refractivity (Wildman–Crippen MR) is 112 cm³/mol. The van der Waals surface area contributed by atoms with Crippen molar-refractivity contribution in [3.63, 3.8) is 0 Å². The summed E-state index contributed by atoms with van der Waals surface area (Å²) in [6.45, 7) is 1.65. The van der Waals surface area contributed by atoms with E-state index in [9.17, 15) is 4.79 Å². The minimum absolute atomic E-state index is 0.00559. The summed E-state index contributed by atoms with van der Waals surface area (Å²) in [5.41, 5.74) is 1.40. The van der Waals surface area contributed by atoms with Gasteiger partial charge in [-0.3, -0.25) is 9.48 Å². The average Bonchev–Trinajstić information content (AvgIpc) is 3.35. The first-order valence-electron chi connectivity index (χ1n) is 9.11. The van der Waals surface area contributed by atoms with E-state index >= 15 is 0 Å². The van der Waals surface area contributed by atoms with Crippen molar-refractivity contribution < 1.29 is 9.53 Å². The van der Waals surface area contributed by atoms with Gasteiger partial charge in [0, 0.05) is 39.4 Å². The lowest BCUT2D eigenvalue weighted by molar-refractivity contribution is 0.0717. The molecule has 3 heterocycles. The van der Waals surface area contributed by atoms with Crippen LogP contribution >= 0.6 is 22.9 Å². The van der Waals surface area contributed by atoms with Crippen LogP contribution < -0.4 is 9.64 Å². The van der Waals surface area contributed by atoms with E-state index in [0.717, 1.165) is 47.0 Å². The fourth-order valence-electron chi connectivity index (χ4n) is 3.59. The van der Waals surface area contributed by atoms with Crippen molar-refractivity contribution >= 4 is 44.2 Å². The maximum atomic E-state index is 12.8. The molecule has 0 bridgehead atoms. The van der Waals surface area contributed by atoms with Crippen molar-refractivity contribution in [3.8, 4) is 5.75 Å². The zero-order valence-corrected chi connectivity index (χ0v) is 17.6. The molecular weight excluding hydrogens is 398 g/mol. The van der Waals surface area contributed by atoms with Crippen LogP contribution in [0.1, 0.15) is 23.2 Å². The fraction of sp³-hybridized carbons (Fsp3) is 0.421. The minimum atomic E-state index is -0.00559. The highest BCUT2D eigenvalue weighted by Crippen LogP contribution is 2.39. The molecule has 1 aromatic carbocycles. The van der Waals surface area contributed by atoms with Crippen LogP contribution in [0, 0.1) is 0 Å². The number of carbonyl (C=O) groups excluding carboxylic acids is 1. The van der Waals surface area contributed by atoms with Gasteiger partial charge in [-0.25, -0.2) is 4.98 Å². The predicted octanol–water partition coefficient (Wildman–Crippen LogP) is 3.43. The van der Waals surface area contributed by atoms with Gasteiger partial charge in [-0.1, -0.05) is 22.9 Å². The van der Waals surface area contributed by atoms with Gasteiger partial charge in [-0.05, 0) is 25.0 Å². The second-order valence-corrected chi connectivity index (χ2v) is 8.37. The molecular formula is C19H22ClN5O2S. The summed E-state index contributed by atoms with van der Waals surface area (Å²) in [7, 11) is 5.31. The quantitative estimate of drug-likeness (QED) is 0.648. The third kappa shape index (κ3) is 3.42. The normalized spacial score (nSPS) is 17.1. The van der Waals surface area contributed by atoms with Crippen LogP contribution in [0.15, 0.2) is 24.5 Å². The number of halogens is 1.